The van der Waals surface area contributed by atoms with Crippen LogP contribution in [0.15, 0.2) is 24.3 Å². The summed E-state index contributed by atoms with van der Waals surface area (Å²) in [4.78, 5) is 11.6. The SMILES string of the molecule is CC(O)CC(C)CNC(=O)NCCc1cccc(Cl)c1. The van der Waals surface area contributed by atoms with Gasteiger partial charge in [0.1, 0.15) is 0 Å². The Morgan fingerprint density at radius 1 is 1.35 bits per heavy atom. The number of urea groups is 1. The van der Waals surface area contributed by atoms with E-state index >= 15 is 0 Å². The summed E-state index contributed by atoms with van der Waals surface area (Å²) in [6, 6.07) is 7.43. The molecule has 5 heteroatoms. The number of amides is 2. The van der Waals surface area contributed by atoms with E-state index in [0.717, 1.165) is 12.0 Å². The third-order valence-electron chi connectivity index (χ3n) is 2.94. The molecule has 0 aliphatic heterocycles. The van der Waals surface area contributed by atoms with Gasteiger partial charge in [-0.15, -0.1) is 0 Å². The number of hydrogen-bond acceptors (Lipinski definition) is 2. The standard InChI is InChI=1S/C15H23ClN2O2/c1-11(8-12(2)19)10-18-15(20)17-7-6-13-4-3-5-14(16)9-13/h3-5,9,11-12,19H,6-8,10H2,1-2H3,(H2,17,18,20). The summed E-state index contributed by atoms with van der Waals surface area (Å²) < 4.78 is 0. The number of carbonyl (C=O) groups is 1. The highest BCUT2D eigenvalue weighted by molar-refractivity contribution is 6.30. The van der Waals surface area contributed by atoms with Crippen molar-refractivity contribution in [3.63, 3.8) is 0 Å². The Morgan fingerprint density at radius 2 is 2.10 bits per heavy atom. The van der Waals surface area contributed by atoms with E-state index in [1.54, 1.807) is 6.92 Å². The molecule has 0 saturated carbocycles. The molecule has 1 rings (SSSR count). The number of carbonyl (C=O) groups excluding carboxylic acids is 1. The third kappa shape index (κ3) is 7.36. The molecule has 1 aromatic rings. The summed E-state index contributed by atoms with van der Waals surface area (Å²) in [6.45, 7) is 4.88. The second kappa shape index (κ2) is 8.82. The average Bonchev–Trinajstić information content (AvgIpc) is 2.36. The molecule has 0 aromatic heterocycles. The first-order valence-corrected chi connectivity index (χ1v) is 7.29. The smallest absolute Gasteiger partial charge is 0.314 e. The van der Waals surface area contributed by atoms with Crippen molar-refractivity contribution in [2.45, 2.75) is 32.8 Å². The van der Waals surface area contributed by atoms with E-state index in [9.17, 15) is 9.90 Å². The van der Waals surface area contributed by atoms with E-state index in [2.05, 4.69) is 10.6 Å². The van der Waals surface area contributed by atoms with Gasteiger partial charge in [0.15, 0.2) is 0 Å². The lowest BCUT2D eigenvalue weighted by atomic mass is 10.1. The van der Waals surface area contributed by atoms with Gasteiger partial charge in [-0.05, 0) is 43.4 Å². The Labute approximate surface area is 125 Å². The Morgan fingerprint density at radius 3 is 2.75 bits per heavy atom. The largest absolute Gasteiger partial charge is 0.393 e. The molecule has 0 saturated heterocycles. The van der Waals surface area contributed by atoms with Gasteiger partial charge in [-0.3, -0.25) is 0 Å². The van der Waals surface area contributed by atoms with Crippen molar-refractivity contribution < 1.29 is 9.90 Å². The van der Waals surface area contributed by atoms with Gasteiger partial charge in [0.25, 0.3) is 0 Å². The highest BCUT2D eigenvalue weighted by Gasteiger charge is 2.07. The number of hydrogen-bond donors (Lipinski definition) is 3. The van der Waals surface area contributed by atoms with Crippen molar-refractivity contribution in [3.05, 3.63) is 34.9 Å². The van der Waals surface area contributed by atoms with E-state index in [4.69, 9.17) is 11.6 Å². The minimum atomic E-state index is -0.335. The van der Waals surface area contributed by atoms with Crippen LogP contribution in [0.3, 0.4) is 0 Å². The van der Waals surface area contributed by atoms with Crippen LogP contribution in [0.4, 0.5) is 4.79 Å². The number of aliphatic hydroxyl groups is 1. The maximum atomic E-state index is 11.6. The fourth-order valence-corrected chi connectivity index (χ4v) is 2.22. The second-order valence-electron chi connectivity index (χ2n) is 5.21. The number of aliphatic hydroxyl groups excluding tert-OH is 1. The van der Waals surface area contributed by atoms with Gasteiger partial charge in [0.2, 0.25) is 0 Å². The zero-order chi connectivity index (χ0) is 15.0. The lowest BCUT2D eigenvalue weighted by Gasteiger charge is -2.14. The fraction of sp³-hybridized carbons (Fsp3) is 0.533. The number of halogens is 1. The molecular weight excluding hydrogens is 276 g/mol. The van der Waals surface area contributed by atoms with Crippen molar-refractivity contribution in [2.75, 3.05) is 13.1 Å². The summed E-state index contributed by atoms with van der Waals surface area (Å²) >= 11 is 5.89. The summed E-state index contributed by atoms with van der Waals surface area (Å²) in [7, 11) is 0. The van der Waals surface area contributed by atoms with Gasteiger partial charge in [0, 0.05) is 18.1 Å². The maximum Gasteiger partial charge on any atom is 0.314 e. The Bertz CT molecular complexity index is 424. The summed E-state index contributed by atoms with van der Waals surface area (Å²) in [5, 5.41) is 15.5. The molecule has 0 aliphatic rings. The fourth-order valence-electron chi connectivity index (χ4n) is 2.01. The van der Waals surface area contributed by atoms with E-state index in [1.807, 2.05) is 31.2 Å². The summed E-state index contributed by atoms with van der Waals surface area (Å²) in [5.41, 5.74) is 1.10. The third-order valence-corrected chi connectivity index (χ3v) is 3.18. The van der Waals surface area contributed by atoms with Crippen molar-refractivity contribution in [1.29, 1.82) is 0 Å². The topological polar surface area (TPSA) is 61.4 Å². The Hall–Kier alpha value is -1.26. The molecular formula is C15H23ClN2O2. The van der Waals surface area contributed by atoms with Crippen LogP contribution in [0.1, 0.15) is 25.8 Å². The lowest BCUT2D eigenvalue weighted by molar-refractivity contribution is 0.163. The monoisotopic (exact) mass is 298 g/mol. The molecule has 0 radical (unpaired) electrons. The normalized spacial score (nSPS) is 13.6. The van der Waals surface area contributed by atoms with Crippen molar-refractivity contribution in [3.8, 4) is 0 Å². The minimum Gasteiger partial charge on any atom is -0.393 e. The average molecular weight is 299 g/mol. The van der Waals surface area contributed by atoms with Crippen LogP contribution in [0, 0.1) is 5.92 Å². The first kappa shape index (κ1) is 16.8. The van der Waals surface area contributed by atoms with Crippen molar-refractivity contribution in [2.24, 2.45) is 5.92 Å². The first-order chi connectivity index (χ1) is 9.47. The Kier molecular flexibility index (Phi) is 7.41. The summed E-state index contributed by atoms with van der Waals surface area (Å²) in [5.74, 6) is 0.258. The maximum absolute atomic E-state index is 11.6. The van der Waals surface area contributed by atoms with Gasteiger partial charge in [0.05, 0.1) is 6.10 Å². The quantitative estimate of drug-likeness (QED) is 0.724. The molecule has 0 heterocycles. The Balaban J connectivity index is 2.17. The molecule has 112 valence electrons. The molecule has 3 N–H and O–H groups in total. The van der Waals surface area contributed by atoms with Crippen LogP contribution in [0.25, 0.3) is 0 Å². The van der Waals surface area contributed by atoms with Crippen LogP contribution < -0.4 is 10.6 Å². The molecule has 2 unspecified atom stereocenters. The minimum absolute atomic E-state index is 0.176. The van der Waals surface area contributed by atoms with Crippen molar-refractivity contribution >= 4 is 17.6 Å². The molecule has 2 amide bonds. The first-order valence-electron chi connectivity index (χ1n) is 6.91. The zero-order valence-electron chi connectivity index (χ0n) is 12.0. The van der Waals surface area contributed by atoms with Crippen LogP contribution in [0.5, 0.6) is 0 Å². The van der Waals surface area contributed by atoms with Gasteiger partial charge in [-0.1, -0.05) is 30.7 Å². The predicted molar refractivity (Wildman–Crippen MR) is 82.0 cm³/mol. The van der Waals surface area contributed by atoms with Crippen LogP contribution >= 0.6 is 11.6 Å². The molecule has 4 nitrogen and oxygen atoms in total. The molecule has 0 spiro atoms. The molecule has 0 bridgehead atoms. The van der Waals surface area contributed by atoms with Gasteiger partial charge >= 0.3 is 6.03 Å². The van der Waals surface area contributed by atoms with E-state index in [-0.39, 0.29) is 18.1 Å². The summed E-state index contributed by atoms with van der Waals surface area (Å²) in [6.07, 6.45) is 1.10. The molecule has 2 atom stereocenters. The lowest BCUT2D eigenvalue weighted by Crippen LogP contribution is -2.39. The molecule has 0 aliphatic carbocycles. The highest BCUT2D eigenvalue weighted by atomic mass is 35.5. The van der Waals surface area contributed by atoms with Gasteiger partial charge < -0.3 is 15.7 Å². The van der Waals surface area contributed by atoms with Gasteiger partial charge in [-0.25, -0.2) is 4.79 Å². The predicted octanol–water partition coefficient (Wildman–Crippen LogP) is 2.59. The van der Waals surface area contributed by atoms with Crippen LogP contribution in [0.2, 0.25) is 5.02 Å². The number of rotatable bonds is 7. The molecule has 1 aromatic carbocycles. The number of benzene rings is 1. The molecule has 20 heavy (non-hydrogen) atoms. The van der Waals surface area contributed by atoms with E-state index in [1.165, 1.54) is 0 Å². The van der Waals surface area contributed by atoms with Crippen molar-refractivity contribution in [1.82, 2.24) is 10.6 Å². The zero-order valence-corrected chi connectivity index (χ0v) is 12.8. The van der Waals surface area contributed by atoms with Gasteiger partial charge in [-0.2, -0.15) is 0 Å². The molecule has 0 fully saturated rings. The van der Waals surface area contributed by atoms with E-state index < -0.39 is 0 Å². The second-order valence-corrected chi connectivity index (χ2v) is 5.64. The van der Waals surface area contributed by atoms with Crippen LogP contribution in [-0.2, 0) is 6.42 Å². The van der Waals surface area contributed by atoms with Crippen LogP contribution in [-0.4, -0.2) is 30.3 Å². The number of nitrogens with one attached hydrogen (secondary N) is 2. The van der Waals surface area contributed by atoms with E-state index in [0.29, 0.717) is 24.5 Å². The highest BCUT2D eigenvalue weighted by Crippen LogP contribution is 2.10.